The molecule has 1 saturated heterocycles. The second-order valence-corrected chi connectivity index (χ2v) is 12.0. The molecule has 4 aliphatic carbocycles. The number of amides is 3. The number of ether oxygens (including phenoxy) is 1. The fourth-order valence-electron chi connectivity index (χ4n) is 6.32. The Morgan fingerprint density at radius 1 is 1.07 bits per heavy atom. The largest absolute Gasteiger partial charge is 0.453 e. The minimum Gasteiger partial charge on any atom is -0.453 e. The Morgan fingerprint density at radius 2 is 1.66 bits per heavy atom. The third kappa shape index (κ3) is 4.75. The SMILES string of the molecule is C[C@@H](OC(=O)C[C@@H]1CCS(=O)(=O)C1)C(=O)NC(=O)NC12CC3CC(CC(C3)C1)C2. The van der Waals surface area contributed by atoms with Gasteiger partial charge in [0.1, 0.15) is 0 Å². The van der Waals surface area contributed by atoms with Crippen molar-refractivity contribution in [3.8, 4) is 0 Å². The minimum atomic E-state index is -3.06. The zero-order valence-electron chi connectivity index (χ0n) is 16.8. The van der Waals surface area contributed by atoms with E-state index in [4.69, 9.17) is 4.74 Å². The molecule has 5 fully saturated rings. The second kappa shape index (κ2) is 7.56. The molecular formula is C20H30N2O6S. The predicted molar refractivity (Wildman–Crippen MR) is 105 cm³/mol. The number of hydrogen-bond donors (Lipinski definition) is 2. The summed E-state index contributed by atoms with van der Waals surface area (Å²) in [4.78, 5) is 36.7. The summed E-state index contributed by atoms with van der Waals surface area (Å²) in [5.74, 6) is 0.560. The molecule has 29 heavy (non-hydrogen) atoms. The normalized spacial score (nSPS) is 37.7. The van der Waals surface area contributed by atoms with Gasteiger partial charge in [-0.2, -0.15) is 0 Å². The summed E-state index contributed by atoms with van der Waals surface area (Å²) in [6.07, 6.45) is 6.02. The van der Waals surface area contributed by atoms with Crippen molar-refractivity contribution >= 4 is 27.7 Å². The van der Waals surface area contributed by atoms with Gasteiger partial charge in [-0.05, 0) is 75.5 Å². The molecular weight excluding hydrogens is 396 g/mol. The average molecular weight is 427 g/mol. The Kier molecular flexibility index (Phi) is 5.38. The van der Waals surface area contributed by atoms with Crippen LogP contribution in [0, 0.1) is 23.7 Å². The topological polar surface area (TPSA) is 119 Å². The number of carbonyl (C=O) groups excluding carboxylic acids is 3. The zero-order chi connectivity index (χ0) is 20.8. The first-order valence-electron chi connectivity index (χ1n) is 10.6. The fraction of sp³-hybridized carbons (Fsp3) is 0.850. The highest BCUT2D eigenvalue weighted by molar-refractivity contribution is 7.91. The number of rotatable bonds is 5. The molecule has 0 unspecified atom stereocenters. The van der Waals surface area contributed by atoms with E-state index in [1.54, 1.807) is 0 Å². The van der Waals surface area contributed by atoms with Gasteiger partial charge in [0.15, 0.2) is 15.9 Å². The number of urea groups is 1. The highest BCUT2D eigenvalue weighted by atomic mass is 32.2. The van der Waals surface area contributed by atoms with Crippen molar-refractivity contribution in [2.45, 2.75) is 69.9 Å². The summed E-state index contributed by atoms with van der Waals surface area (Å²) in [7, 11) is -3.06. The van der Waals surface area contributed by atoms with Gasteiger partial charge in [-0.15, -0.1) is 0 Å². The van der Waals surface area contributed by atoms with Gasteiger partial charge in [-0.25, -0.2) is 13.2 Å². The third-order valence-corrected chi connectivity index (χ3v) is 8.95. The van der Waals surface area contributed by atoms with Crippen LogP contribution in [0.15, 0.2) is 0 Å². The van der Waals surface area contributed by atoms with Crippen LogP contribution in [0.1, 0.15) is 58.3 Å². The highest BCUT2D eigenvalue weighted by Crippen LogP contribution is 2.55. The summed E-state index contributed by atoms with van der Waals surface area (Å²) in [5.41, 5.74) is -0.201. The van der Waals surface area contributed by atoms with Crippen molar-refractivity contribution in [1.82, 2.24) is 10.6 Å². The highest BCUT2D eigenvalue weighted by Gasteiger charge is 2.51. The van der Waals surface area contributed by atoms with E-state index >= 15 is 0 Å². The van der Waals surface area contributed by atoms with E-state index in [1.165, 1.54) is 26.2 Å². The molecule has 8 nitrogen and oxygen atoms in total. The molecule has 5 aliphatic rings. The summed E-state index contributed by atoms with van der Waals surface area (Å²) in [6.45, 7) is 1.41. The van der Waals surface area contributed by atoms with Crippen LogP contribution < -0.4 is 10.6 Å². The lowest BCUT2D eigenvalue weighted by atomic mass is 9.53. The van der Waals surface area contributed by atoms with Crippen LogP contribution >= 0.6 is 0 Å². The molecule has 2 N–H and O–H groups in total. The van der Waals surface area contributed by atoms with Gasteiger partial charge < -0.3 is 10.1 Å². The number of imide groups is 1. The van der Waals surface area contributed by atoms with E-state index in [0.717, 1.165) is 19.3 Å². The molecule has 0 radical (unpaired) electrons. The molecule has 1 aliphatic heterocycles. The Balaban J connectivity index is 1.23. The predicted octanol–water partition coefficient (Wildman–Crippen LogP) is 1.54. The van der Waals surface area contributed by atoms with Crippen molar-refractivity contribution in [2.24, 2.45) is 23.7 Å². The van der Waals surface area contributed by atoms with Crippen LogP contribution in [0.4, 0.5) is 4.79 Å². The van der Waals surface area contributed by atoms with Gasteiger partial charge >= 0.3 is 12.0 Å². The van der Waals surface area contributed by atoms with Gasteiger partial charge in [0, 0.05) is 12.0 Å². The van der Waals surface area contributed by atoms with Crippen LogP contribution in [-0.2, 0) is 24.2 Å². The zero-order valence-corrected chi connectivity index (χ0v) is 17.6. The first-order chi connectivity index (χ1) is 13.6. The molecule has 4 bridgehead atoms. The minimum absolute atomic E-state index is 0.0177. The Hall–Kier alpha value is -1.64. The molecule has 0 spiro atoms. The maximum Gasteiger partial charge on any atom is 0.321 e. The summed E-state index contributed by atoms with van der Waals surface area (Å²) < 4.78 is 28.1. The molecule has 0 aromatic carbocycles. The Morgan fingerprint density at radius 3 is 2.17 bits per heavy atom. The van der Waals surface area contributed by atoms with Gasteiger partial charge in [-0.1, -0.05) is 0 Å². The van der Waals surface area contributed by atoms with E-state index in [1.807, 2.05) is 0 Å². The van der Waals surface area contributed by atoms with Crippen molar-refractivity contribution in [3.63, 3.8) is 0 Å². The van der Waals surface area contributed by atoms with E-state index in [-0.39, 0.29) is 29.4 Å². The smallest absolute Gasteiger partial charge is 0.321 e. The molecule has 0 aromatic heterocycles. The molecule has 2 atom stereocenters. The van der Waals surface area contributed by atoms with Gasteiger partial charge in [0.25, 0.3) is 5.91 Å². The van der Waals surface area contributed by atoms with Crippen LogP contribution in [0.25, 0.3) is 0 Å². The Labute approximate surface area is 171 Å². The van der Waals surface area contributed by atoms with Crippen LogP contribution in [0.2, 0.25) is 0 Å². The molecule has 162 valence electrons. The second-order valence-electron chi connectivity index (χ2n) is 9.75. The molecule has 4 saturated carbocycles. The van der Waals surface area contributed by atoms with Crippen molar-refractivity contribution in [3.05, 3.63) is 0 Å². The molecule has 1 heterocycles. The lowest BCUT2D eigenvalue weighted by molar-refractivity contribution is -0.155. The maximum absolute atomic E-state index is 12.4. The molecule has 9 heteroatoms. The first-order valence-corrected chi connectivity index (χ1v) is 12.5. The molecule has 5 rings (SSSR count). The quantitative estimate of drug-likeness (QED) is 0.644. The monoisotopic (exact) mass is 426 g/mol. The van der Waals surface area contributed by atoms with E-state index in [9.17, 15) is 22.8 Å². The average Bonchev–Trinajstić information content (AvgIpc) is 2.91. The van der Waals surface area contributed by atoms with Crippen molar-refractivity contribution in [1.29, 1.82) is 0 Å². The number of nitrogens with one attached hydrogen (secondary N) is 2. The van der Waals surface area contributed by atoms with Crippen LogP contribution in [0.3, 0.4) is 0 Å². The summed E-state index contributed by atoms with van der Waals surface area (Å²) >= 11 is 0. The molecule has 0 aromatic rings. The number of sulfone groups is 1. The maximum atomic E-state index is 12.4. The van der Waals surface area contributed by atoms with Gasteiger partial charge in [-0.3, -0.25) is 14.9 Å². The van der Waals surface area contributed by atoms with E-state index < -0.39 is 33.8 Å². The first kappa shape index (κ1) is 20.6. The lowest BCUT2D eigenvalue weighted by Crippen LogP contribution is -2.62. The van der Waals surface area contributed by atoms with E-state index in [0.29, 0.717) is 24.2 Å². The number of hydrogen-bond acceptors (Lipinski definition) is 6. The van der Waals surface area contributed by atoms with E-state index in [2.05, 4.69) is 10.6 Å². The van der Waals surface area contributed by atoms with Crippen molar-refractivity contribution < 1.29 is 27.5 Å². The van der Waals surface area contributed by atoms with Gasteiger partial charge in [0.2, 0.25) is 0 Å². The summed E-state index contributed by atoms with van der Waals surface area (Å²) in [5, 5.41) is 5.36. The van der Waals surface area contributed by atoms with Crippen LogP contribution in [-0.4, -0.2) is 49.5 Å². The van der Waals surface area contributed by atoms with Crippen LogP contribution in [0.5, 0.6) is 0 Å². The lowest BCUT2D eigenvalue weighted by Gasteiger charge is -2.56. The van der Waals surface area contributed by atoms with Crippen molar-refractivity contribution in [2.75, 3.05) is 11.5 Å². The van der Waals surface area contributed by atoms with Gasteiger partial charge in [0.05, 0.1) is 11.5 Å². The number of carbonyl (C=O) groups is 3. The standard InChI is InChI=1S/C20H30N2O6S/c1-12(28-17(23)7-13-2-3-29(26,27)11-13)18(24)21-19(25)22-20-8-14-4-15(9-20)6-16(5-14)10-20/h12-16H,2-11H2,1H3,(H2,21,22,24,25)/t12-,13+,14?,15?,16?,20?/m1/s1. The number of esters is 1. The summed E-state index contributed by atoms with van der Waals surface area (Å²) in [6, 6.07) is -0.526. The fourth-order valence-corrected chi connectivity index (χ4v) is 8.18. The molecule has 3 amide bonds. The Bertz CT molecular complexity index is 773. The third-order valence-electron chi connectivity index (χ3n) is 7.11.